The summed E-state index contributed by atoms with van der Waals surface area (Å²) in [5.41, 5.74) is 1.27. The predicted molar refractivity (Wildman–Crippen MR) is 123 cm³/mol. The van der Waals surface area contributed by atoms with Crippen molar-refractivity contribution in [3.05, 3.63) is 92.9 Å². The van der Waals surface area contributed by atoms with E-state index in [0.29, 0.717) is 15.7 Å². The third kappa shape index (κ3) is 6.06. The molecule has 0 aliphatic heterocycles. The highest BCUT2D eigenvalue weighted by Gasteiger charge is 2.27. The number of sulfonamides is 1. The molecule has 1 N–H and O–H groups in total. The maximum atomic E-state index is 13.2. The van der Waals surface area contributed by atoms with Gasteiger partial charge in [-0.15, -0.1) is 0 Å². The number of benzene rings is 3. The number of amides is 1. The van der Waals surface area contributed by atoms with Crippen LogP contribution in [0.15, 0.2) is 82.2 Å². The lowest BCUT2D eigenvalue weighted by atomic mass is 10.2. The lowest BCUT2D eigenvalue weighted by Crippen LogP contribution is -2.37. The quantitative estimate of drug-likeness (QED) is 0.435. The molecule has 156 valence electrons. The molecule has 0 fully saturated rings. The molecule has 0 aliphatic carbocycles. The molecule has 0 aromatic heterocycles. The van der Waals surface area contributed by atoms with Gasteiger partial charge < -0.3 is 5.32 Å². The molecule has 30 heavy (non-hydrogen) atoms. The van der Waals surface area contributed by atoms with Gasteiger partial charge in [-0.1, -0.05) is 51.3 Å². The molecule has 0 heterocycles. The van der Waals surface area contributed by atoms with E-state index < -0.39 is 15.9 Å². The van der Waals surface area contributed by atoms with E-state index in [1.54, 1.807) is 36.4 Å². The third-order valence-electron chi connectivity index (χ3n) is 4.17. The first-order valence-corrected chi connectivity index (χ1v) is 11.8. The van der Waals surface area contributed by atoms with Gasteiger partial charge in [-0.25, -0.2) is 8.42 Å². The van der Waals surface area contributed by atoms with Gasteiger partial charge >= 0.3 is 0 Å². The number of nitrogens with one attached hydrogen (secondary N) is 1. The maximum absolute atomic E-state index is 13.2. The Morgan fingerprint density at radius 2 is 1.40 bits per heavy atom. The summed E-state index contributed by atoms with van der Waals surface area (Å²) in [7, 11) is -3.94. The molecule has 9 heteroatoms. The summed E-state index contributed by atoms with van der Waals surface area (Å²) in [5, 5.41) is 3.66. The Balaban J connectivity index is 1.86. The molecular weight excluding hydrogens is 511 g/mol. The third-order valence-corrected chi connectivity index (χ3v) is 7.01. The van der Waals surface area contributed by atoms with E-state index in [2.05, 4.69) is 21.2 Å². The van der Waals surface area contributed by atoms with E-state index in [4.69, 9.17) is 23.2 Å². The van der Waals surface area contributed by atoms with Crippen LogP contribution in [0.3, 0.4) is 0 Å². The van der Waals surface area contributed by atoms with Crippen LogP contribution in [0.2, 0.25) is 10.0 Å². The zero-order valence-corrected chi connectivity index (χ0v) is 19.5. The molecule has 0 saturated carbocycles. The number of carbonyl (C=O) groups excluding carboxylic acids is 1. The van der Waals surface area contributed by atoms with Crippen LogP contribution >= 0.6 is 39.1 Å². The van der Waals surface area contributed by atoms with E-state index in [1.165, 1.54) is 24.3 Å². The molecule has 1 amide bonds. The number of halogens is 3. The molecule has 0 spiro atoms. The topological polar surface area (TPSA) is 66.5 Å². The van der Waals surface area contributed by atoms with Crippen molar-refractivity contribution in [2.24, 2.45) is 0 Å². The summed E-state index contributed by atoms with van der Waals surface area (Å²) in [6, 6.07) is 19.6. The predicted octanol–water partition coefficient (Wildman–Crippen LogP) is 5.59. The minimum absolute atomic E-state index is 0.0340. The Labute approximate surface area is 193 Å². The second-order valence-corrected chi connectivity index (χ2v) is 10.1. The van der Waals surface area contributed by atoms with Gasteiger partial charge in [-0.2, -0.15) is 4.31 Å². The normalized spacial score (nSPS) is 11.5. The van der Waals surface area contributed by atoms with Crippen molar-refractivity contribution in [3.8, 4) is 0 Å². The monoisotopic (exact) mass is 526 g/mol. The van der Waals surface area contributed by atoms with E-state index in [0.717, 1.165) is 14.3 Å². The Hall–Kier alpha value is -1.90. The van der Waals surface area contributed by atoms with Crippen molar-refractivity contribution in [3.63, 3.8) is 0 Å². The van der Waals surface area contributed by atoms with Gasteiger partial charge in [0.15, 0.2) is 0 Å². The molecule has 3 aromatic rings. The number of hydrogen-bond donors (Lipinski definition) is 1. The van der Waals surface area contributed by atoms with Crippen molar-refractivity contribution in [2.75, 3.05) is 11.9 Å². The maximum Gasteiger partial charge on any atom is 0.243 e. The zero-order chi connectivity index (χ0) is 21.7. The molecule has 3 aromatic carbocycles. The van der Waals surface area contributed by atoms with Crippen molar-refractivity contribution >= 4 is 60.7 Å². The fraction of sp³-hybridized carbons (Fsp3) is 0.0952. The molecule has 0 unspecified atom stereocenters. The van der Waals surface area contributed by atoms with Crippen LogP contribution in [0.4, 0.5) is 5.69 Å². The molecule has 5 nitrogen and oxygen atoms in total. The van der Waals surface area contributed by atoms with Crippen LogP contribution in [0.1, 0.15) is 5.56 Å². The standard InChI is InChI=1S/C21H17BrCl2N2O3S/c22-16-3-1-15(2-4-16)13-26(30(28,29)20-11-7-18(24)8-12-20)14-21(27)25-19-9-5-17(23)6-10-19/h1-12H,13-14H2,(H,25,27). The van der Waals surface area contributed by atoms with Gasteiger partial charge in [0.05, 0.1) is 11.4 Å². The first kappa shape index (κ1) is 22.8. The van der Waals surface area contributed by atoms with E-state index in [-0.39, 0.29) is 18.0 Å². The lowest BCUT2D eigenvalue weighted by Gasteiger charge is -2.22. The molecule has 0 aliphatic rings. The molecular formula is C21H17BrCl2N2O3S. The Kier molecular flexibility index (Phi) is 7.55. The van der Waals surface area contributed by atoms with Crippen LogP contribution in [0, 0.1) is 0 Å². The van der Waals surface area contributed by atoms with Crippen molar-refractivity contribution in [1.82, 2.24) is 4.31 Å². The van der Waals surface area contributed by atoms with Crippen LogP contribution in [0.25, 0.3) is 0 Å². The number of nitrogens with zero attached hydrogens (tertiary/aromatic N) is 1. The van der Waals surface area contributed by atoms with E-state index in [9.17, 15) is 13.2 Å². The average Bonchev–Trinajstić information content (AvgIpc) is 2.71. The fourth-order valence-electron chi connectivity index (χ4n) is 2.67. The SMILES string of the molecule is O=C(CN(Cc1ccc(Br)cc1)S(=O)(=O)c1ccc(Cl)cc1)Nc1ccc(Cl)cc1. The number of rotatable bonds is 7. The minimum Gasteiger partial charge on any atom is -0.325 e. The van der Waals surface area contributed by atoms with Gasteiger partial charge in [0.2, 0.25) is 15.9 Å². The number of carbonyl (C=O) groups is 1. The summed E-state index contributed by atoms with van der Waals surface area (Å²) >= 11 is 15.1. The summed E-state index contributed by atoms with van der Waals surface area (Å²) in [6.45, 7) is -0.323. The molecule has 0 radical (unpaired) electrons. The van der Waals surface area contributed by atoms with Crippen molar-refractivity contribution < 1.29 is 13.2 Å². The van der Waals surface area contributed by atoms with Gasteiger partial charge in [0.1, 0.15) is 0 Å². The molecule has 0 bridgehead atoms. The molecule has 0 saturated heterocycles. The average molecular weight is 528 g/mol. The van der Waals surface area contributed by atoms with Crippen LogP contribution in [0.5, 0.6) is 0 Å². The van der Waals surface area contributed by atoms with E-state index in [1.807, 2.05) is 12.1 Å². The second kappa shape index (κ2) is 9.94. The van der Waals surface area contributed by atoms with Gasteiger partial charge in [0, 0.05) is 26.8 Å². The van der Waals surface area contributed by atoms with Gasteiger partial charge in [-0.3, -0.25) is 4.79 Å². The smallest absolute Gasteiger partial charge is 0.243 e. The first-order chi connectivity index (χ1) is 14.2. The minimum atomic E-state index is -3.94. The largest absolute Gasteiger partial charge is 0.325 e. The van der Waals surface area contributed by atoms with Crippen molar-refractivity contribution in [1.29, 1.82) is 0 Å². The molecule has 3 rings (SSSR count). The van der Waals surface area contributed by atoms with Crippen LogP contribution < -0.4 is 5.32 Å². The molecule has 0 atom stereocenters. The van der Waals surface area contributed by atoms with E-state index >= 15 is 0 Å². The Morgan fingerprint density at radius 1 is 0.867 bits per heavy atom. The summed E-state index contributed by atoms with van der Waals surface area (Å²) in [6.07, 6.45) is 0. The van der Waals surface area contributed by atoms with Crippen LogP contribution in [-0.4, -0.2) is 25.2 Å². The van der Waals surface area contributed by atoms with Gasteiger partial charge in [-0.05, 0) is 66.2 Å². The summed E-state index contributed by atoms with van der Waals surface area (Å²) in [5.74, 6) is -0.466. The highest BCUT2D eigenvalue weighted by Crippen LogP contribution is 2.22. The summed E-state index contributed by atoms with van der Waals surface area (Å²) in [4.78, 5) is 12.7. The Bertz CT molecular complexity index is 1120. The van der Waals surface area contributed by atoms with Gasteiger partial charge in [0.25, 0.3) is 0 Å². The zero-order valence-electron chi connectivity index (χ0n) is 15.6. The first-order valence-electron chi connectivity index (χ1n) is 8.79. The van der Waals surface area contributed by atoms with Crippen molar-refractivity contribution in [2.45, 2.75) is 11.4 Å². The van der Waals surface area contributed by atoms with Crippen LogP contribution in [-0.2, 0) is 21.4 Å². The highest BCUT2D eigenvalue weighted by atomic mass is 79.9. The Morgan fingerprint density at radius 3 is 1.97 bits per heavy atom. The number of anilines is 1. The number of hydrogen-bond acceptors (Lipinski definition) is 3. The lowest BCUT2D eigenvalue weighted by molar-refractivity contribution is -0.116. The second-order valence-electron chi connectivity index (χ2n) is 6.41. The summed E-state index contributed by atoms with van der Waals surface area (Å²) < 4.78 is 28.5. The fourth-order valence-corrected chi connectivity index (χ4v) is 4.57. The highest BCUT2D eigenvalue weighted by molar-refractivity contribution is 9.10.